The first kappa shape index (κ1) is 15.6. The minimum absolute atomic E-state index is 0.0559. The summed E-state index contributed by atoms with van der Waals surface area (Å²) >= 11 is 6.19. The molecule has 1 heterocycles. The van der Waals surface area contributed by atoms with Crippen LogP contribution in [0.25, 0.3) is 0 Å². The molecule has 0 aliphatic carbocycles. The fraction of sp³-hybridized carbons (Fsp3) is 0.312. The standard InChI is InChI=1S/C16H18ClNO3/c1-10(12-6-4-5-7-13(12)17)18-11(2)14-8-9-15(21-14)16(19)20-3/h4-11,18H,1-3H3/t10-,11?/m1/s1. The van der Waals surface area contributed by atoms with Crippen molar-refractivity contribution in [1.82, 2.24) is 5.32 Å². The largest absolute Gasteiger partial charge is 0.463 e. The molecule has 1 N–H and O–H groups in total. The molecular weight excluding hydrogens is 290 g/mol. The lowest BCUT2D eigenvalue weighted by Gasteiger charge is -2.19. The van der Waals surface area contributed by atoms with Gasteiger partial charge in [-0.1, -0.05) is 29.8 Å². The van der Waals surface area contributed by atoms with Crippen LogP contribution in [0.3, 0.4) is 0 Å². The minimum Gasteiger partial charge on any atom is -0.463 e. The summed E-state index contributed by atoms with van der Waals surface area (Å²) in [6.07, 6.45) is 0. The molecular formula is C16H18ClNO3. The molecule has 0 bridgehead atoms. The van der Waals surface area contributed by atoms with Gasteiger partial charge < -0.3 is 14.5 Å². The summed E-state index contributed by atoms with van der Waals surface area (Å²) in [7, 11) is 1.33. The van der Waals surface area contributed by atoms with Gasteiger partial charge in [0, 0.05) is 11.1 Å². The topological polar surface area (TPSA) is 51.5 Å². The number of nitrogens with one attached hydrogen (secondary N) is 1. The van der Waals surface area contributed by atoms with Crippen molar-refractivity contribution in [3.63, 3.8) is 0 Å². The molecule has 0 aliphatic heterocycles. The maximum Gasteiger partial charge on any atom is 0.373 e. The first-order valence-corrected chi connectivity index (χ1v) is 7.09. The van der Waals surface area contributed by atoms with Crippen LogP contribution in [0, 0.1) is 0 Å². The molecule has 0 saturated carbocycles. The van der Waals surface area contributed by atoms with E-state index in [4.69, 9.17) is 16.0 Å². The molecule has 2 rings (SSSR count). The fourth-order valence-corrected chi connectivity index (χ4v) is 2.47. The van der Waals surface area contributed by atoms with Gasteiger partial charge in [-0.15, -0.1) is 0 Å². The second-order valence-electron chi connectivity index (χ2n) is 4.83. The molecule has 4 nitrogen and oxygen atoms in total. The van der Waals surface area contributed by atoms with E-state index in [-0.39, 0.29) is 17.8 Å². The van der Waals surface area contributed by atoms with Crippen molar-refractivity contribution in [1.29, 1.82) is 0 Å². The van der Waals surface area contributed by atoms with Crippen LogP contribution in [0.5, 0.6) is 0 Å². The lowest BCUT2D eigenvalue weighted by molar-refractivity contribution is 0.0562. The maximum atomic E-state index is 11.4. The van der Waals surface area contributed by atoms with Crippen molar-refractivity contribution in [3.05, 3.63) is 58.5 Å². The fourth-order valence-electron chi connectivity index (χ4n) is 2.17. The summed E-state index contributed by atoms with van der Waals surface area (Å²) < 4.78 is 10.1. The summed E-state index contributed by atoms with van der Waals surface area (Å²) in [4.78, 5) is 11.4. The zero-order chi connectivity index (χ0) is 15.4. The lowest BCUT2D eigenvalue weighted by Crippen LogP contribution is -2.22. The number of carbonyl (C=O) groups excluding carboxylic acids is 1. The van der Waals surface area contributed by atoms with Gasteiger partial charge in [0.1, 0.15) is 5.76 Å². The van der Waals surface area contributed by atoms with Crippen LogP contribution < -0.4 is 5.32 Å². The van der Waals surface area contributed by atoms with Crippen molar-refractivity contribution >= 4 is 17.6 Å². The summed E-state index contributed by atoms with van der Waals surface area (Å²) in [5, 5.41) is 4.11. The number of esters is 1. The Hall–Kier alpha value is -1.78. The molecule has 1 aromatic heterocycles. The third-order valence-corrected chi connectivity index (χ3v) is 3.66. The third-order valence-electron chi connectivity index (χ3n) is 3.31. The van der Waals surface area contributed by atoms with Crippen molar-refractivity contribution in [3.8, 4) is 0 Å². The van der Waals surface area contributed by atoms with Crippen molar-refractivity contribution in [2.24, 2.45) is 0 Å². The molecule has 0 spiro atoms. The van der Waals surface area contributed by atoms with Gasteiger partial charge in [0.15, 0.2) is 0 Å². The molecule has 0 radical (unpaired) electrons. The number of hydrogen-bond donors (Lipinski definition) is 1. The van der Waals surface area contributed by atoms with Crippen LogP contribution in [-0.4, -0.2) is 13.1 Å². The van der Waals surface area contributed by atoms with E-state index in [2.05, 4.69) is 10.1 Å². The number of furan rings is 1. The van der Waals surface area contributed by atoms with Gasteiger partial charge in [0.25, 0.3) is 0 Å². The highest BCUT2D eigenvalue weighted by molar-refractivity contribution is 6.31. The van der Waals surface area contributed by atoms with E-state index in [1.807, 2.05) is 38.1 Å². The molecule has 112 valence electrons. The van der Waals surface area contributed by atoms with Crippen molar-refractivity contribution < 1.29 is 13.9 Å². The Morgan fingerprint density at radius 3 is 2.57 bits per heavy atom. The number of methoxy groups -OCH3 is 1. The normalized spacial score (nSPS) is 13.7. The van der Waals surface area contributed by atoms with Gasteiger partial charge in [0.05, 0.1) is 13.2 Å². The van der Waals surface area contributed by atoms with E-state index in [0.717, 1.165) is 10.6 Å². The highest BCUT2D eigenvalue weighted by Gasteiger charge is 2.18. The molecule has 0 saturated heterocycles. The molecule has 1 unspecified atom stereocenters. The molecule has 21 heavy (non-hydrogen) atoms. The van der Waals surface area contributed by atoms with E-state index >= 15 is 0 Å². The van der Waals surface area contributed by atoms with Crippen LogP contribution in [0.2, 0.25) is 5.02 Å². The smallest absolute Gasteiger partial charge is 0.373 e. The van der Waals surface area contributed by atoms with E-state index in [1.54, 1.807) is 12.1 Å². The number of hydrogen-bond acceptors (Lipinski definition) is 4. The van der Waals surface area contributed by atoms with E-state index < -0.39 is 5.97 Å². The second kappa shape index (κ2) is 6.78. The predicted molar refractivity (Wildman–Crippen MR) is 81.5 cm³/mol. The average Bonchev–Trinajstić information content (AvgIpc) is 2.96. The van der Waals surface area contributed by atoms with Crippen LogP contribution >= 0.6 is 11.6 Å². The summed E-state index contributed by atoms with van der Waals surface area (Å²) in [6, 6.07) is 11.1. The van der Waals surface area contributed by atoms with Gasteiger partial charge in [-0.2, -0.15) is 0 Å². The first-order chi connectivity index (χ1) is 10.0. The molecule has 2 aromatic rings. The van der Waals surface area contributed by atoms with Crippen molar-refractivity contribution in [2.45, 2.75) is 25.9 Å². The summed E-state index contributed by atoms with van der Waals surface area (Å²) in [5.41, 5.74) is 1.02. The highest BCUT2D eigenvalue weighted by Crippen LogP contribution is 2.25. The molecule has 0 fully saturated rings. The Bertz CT molecular complexity index is 623. The molecule has 0 aliphatic rings. The first-order valence-electron chi connectivity index (χ1n) is 6.71. The Morgan fingerprint density at radius 2 is 1.90 bits per heavy atom. The number of benzene rings is 1. The van der Waals surface area contributed by atoms with E-state index in [9.17, 15) is 4.79 Å². The highest BCUT2D eigenvalue weighted by atomic mass is 35.5. The Balaban J connectivity index is 2.07. The van der Waals surface area contributed by atoms with Crippen LogP contribution in [0.1, 0.15) is 47.8 Å². The number of ether oxygens (including phenoxy) is 1. The Labute approximate surface area is 129 Å². The van der Waals surface area contributed by atoms with Gasteiger partial charge in [0.2, 0.25) is 5.76 Å². The average molecular weight is 308 g/mol. The molecule has 1 aromatic carbocycles. The van der Waals surface area contributed by atoms with Gasteiger partial charge in [-0.05, 0) is 37.6 Å². The van der Waals surface area contributed by atoms with Crippen LogP contribution in [0.15, 0.2) is 40.8 Å². The minimum atomic E-state index is -0.479. The number of rotatable bonds is 5. The molecule has 0 amide bonds. The maximum absolute atomic E-state index is 11.4. The zero-order valence-electron chi connectivity index (χ0n) is 12.2. The number of halogens is 1. The van der Waals surface area contributed by atoms with E-state index in [1.165, 1.54) is 7.11 Å². The third kappa shape index (κ3) is 3.65. The van der Waals surface area contributed by atoms with Crippen LogP contribution in [0.4, 0.5) is 0 Å². The second-order valence-corrected chi connectivity index (χ2v) is 5.23. The SMILES string of the molecule is COC(=O)c1ccc(C(C)N[C@H](C)c2ccccc2Cl)o1. The van der Waals surface area contributed by atoms with E-state index in [0.29, 0.717) is 5.76 Å². The van der Waals surface area contributed by atoms with Crippen LogP contribution in [-0.2, 0) is 4.74 Å². The van der Waals surface area contributed by atoms with Crippen molar-refractivity contribution in [2.75, 3.05) is 7.11 Å². The van der Waals surface area contributed by atoms with Gasteiger partial charge >= 0.3 is 5.97 Å². The lowest BCUT2D eigenvalue weighted by atomic mass is 10.1. The predicted octanol–water partition coefficient (Wildman–Crippen LogP) is 4.13. The summed E-state index contributed by atoms with van der Waals surface area (Å²) in [6.45, 7) is 4.00. The molecule has 2 atom stereocenters. The Morgan fingerprint density at radius 1 is 1.19 bits per heavy atom. The number of carbonyl (C=O) groups is 1. The zero-order valence-corrected chi connectivity index (χ0v) is 13.0. The molecule has 5 heteroatoms. The summed E-state index contributed by atoms with van der Waals surface area (Å²) in [5.74, 6) is 0.397. The van der Waals surface area contributed by atoms with Gasteiger partial charge in [-0.3, -0.25) is 0 Å². The van der Waals surface area contributed by atoms with Gasteiger partial charge in [-0.25, -0.2) is 4.79 Å². The monoisotopic (exact) mass is 307 g/mol. The Kier molecular flexibility index (Phi) is 5.04. The quantitative estimate of drug-likeness (QED) is 0.844.